The molecule has 2 N–H and O–H groups in total. The van der Waals surface area contributed by atoms with E-state index in [2.05, 4.69) is 0 Å². The number of carboxylic acid groups (broad SMARTS) is 1. The maximum Gasteiger partial charge on any atom is 0.336 e. The highest BCUT2D eigenvalue weighted by Gasteiger charge is 2.31. The van der Waals surface area contributed by atoms with E-state index in [9.17, 15) is 18.7 Å². The third-order valence-corrected chi connectivity index (χ3v) is 3.21. The van der Waals surface area contributed by atoms with Gasteiger partial charge in [0, 0.05) is 23.9 Å². The third kappa shape index (κ3) is 2.38. The van der Waals surface area contributed by atoms with Crippen LogP contribution in [0, 0.1) is 5.82 Å². The molecule has 0 bridgehead atoms. The number of nitrogens with zero attached hydrogens (tertiary/aromatic N) is 1. The minimum atomic E-state index is -1.46. The van der Waals surface area contributed by atoms with Gasteiger partial charge in [0.1, 0.15) is 18.6 Å². The monoisotopic (exact) mass is 283 g/mol. The van der Waals surface area contributed by atoms with Gasteiger partial charge in [-0.25, -0.2) is 13.6 Å². The molecule has 0 saturated heterocycles. The number of carbonyl (C=O) groups is 1. The Kier molecular flexibility index (Phi) is 4.04. The van der Waals surface area contributed by atoms with E-state index in [1.807, 2.05) is 6.92 Å². The zero-order valence-electron chi connectivity index (χ0n) is 10.9. The highest BCUT2D eigenvalue weighted by molar-refractivity contribution is 5.90. The molecule has 1 aromatic rings. The molecule has 0 fully saturated rings. The van der Waals surface area contributed by atoms with Crippen LogP contribution < -0.4 is 4.90 Å². The fourth-order valence-corrected chi connectivity index (χ4v) is 2.40. The highest BCUT2D eigenvalue weighted by atomic mass is 19.1. The molecule has 1 aliphatic rings. The lowest BCUT2D eigenvalue weighted by Crippen LogP contribution is -2.29. The molecule has 1 atom stereocenters. The molecule has 1 aliphatic heterocycles. The molecule has 1 unspecified atom stereocenters. The van der Waals surface area contributed by atoms with E-state index in [4.69, 9.17) is 5.11 Å². The predicted molar refractivity (Wildman–Crippen MR) is 69.5 cm³/mol. The predicted octanol–water partition coefficient (Wildman–Crippen LogP) is 2.53. The van der Waals surface area contributed by atoms with E-state index < -0.39 is 24.6 Å². The van der Waals surface area contributed by atoms with Crippen molar-refractivity contribution in [2.45, 2.75) is 26.1 Å². The third-order valence-electron chi connectivity index (χ3n) is 3.21. The number of carboxylic acids is 1. The Hall–Kier alpha value is -1.95. The van der Waals surface area contributed by atoms with Crippen LogP contribution >= 0.6 is 0 Å². The van der Waals surface area contributed by atoms with Gasteiger partial charge in [0.25, 0.3) is 0 Å². The molecular formula is C14H15F2NO3. The SMILES string of the molecule is CCCN1C=C(C(=O)O)C(O)c2cc(F)cc(CF)c21. The Bertz CT molecular complexity index is 572. The fraction of sp³-hybridized carbons (Fsp3) is 0.357. The smallest absolute Gasteiger partial charge is 0.336 e. The summed E-state index contributed by atoms with van der Waals surface area (Å²) in [5, 5.41) is 19.2. The summed E-state index contributed by atoms with van der Waals surface area (Å²) < 4.78 is 26.6. The molecule has 1 heterocycles. The first-order chi connectivity index (χ1) is 9.49. The molecule has 20 heavy (non-hydrogen) atoms. The first kappa shape index (κ1) is 14.5. The van der Waals surface area contributed by atoms with E-state index >= 15 is 0 Å². The Balaban J connectivity index is 2.63. The number of hydrogen-bond acceptors (Lipinski definition) is 3. The summed E-state index contributed by atoms with van der Waals surface area (Å²) in [6, 6.07) is 2.12. The summed E-state index contributed by atoms with van der Waals surface area (Å²) >= 11 is 0. The molecule has 0 saturated carbocycles. The van der Waals surface area contributed by atoms with Crippen LogP contribution in [0.3, 0.4) is 0 Å². The average molecular weight is 283 g/mol. The van der Waals surface area contributed by atoms with Crippen LogP contribution in [0.25, 0.3) is 0 Å². The molecule has 0 aromatic heterocycles. The maximum absolute atomic E-state index is 13.5. The van der Waals surface area contributed by atoms with Gasteiger partial charge in [-0.1, -0.05) is 6.92 Å². The Morgan fingerprint density at radius 3 is 2.70 bits per heavy atom. The minimum Gasteiger partial charge on any atom is -0.478 e. The number of fused-ring (bicyclic) bond motifs is 1. The van der Waals surface area contributed by atoms with E-state index in [1.54, 1.807) is 4.90 Å². The summed E-state index contributed by atoms with van der Waals surface area (Å²) in [7, 11) is 0. The van der Waals surface area contributed by atoms with Crippen LogP contribution in [-0.4, -0.2) is 22.7 Å². The molecule has 2 rings (SSSR count). The van der Waals surface area contributed by atoms with E-state index in [0.717, 1.165) is 12.1 Å². The van der Waals surface area contributed by atoms with Crippen molar-refractivity contribution in [3.63, 3.8) is 0 Å². The molecule has 6 heteroatoms. The van der Waals surface area contributed by atoms with E-state index in [0.29, 0.717) is 18.7 Å². The second kappa shape index (κ2) is 5.58. The van der Waals surface area contributed by atoms with Gasteiger partial charge in [0.15, 0.2) is 0 Å². The zero-order chi connectivity index (χ0) is 14.9. The van der Waals surface area contributed by atoms with Crippen molar-refractivity contribution < 1.29 is 23.8 Å². The maximum atomic E-state index is 13.5. The summed E-state index contributed by atoms with van der Waals surface area (Å²) in [6.07, 6.45) is 0.523. The summed E-state index contributed by atoms with van der Waals surface area (Å²) in [5.74, 6) is -1.98. The van der Waals surface area contributed by atoms with Crippen LogP contribution in [0.15, 0.2) is 23.9 Å². The van der Waals surface area contributed by atoms with Crippen LogP contribution in [0.2, 0.25) is 0 Å². The number of aliphatic hydroxyl groups is 1. The van der Waals surface area contributed by atoms with Crippen molar-refractivity contribution in [2.24, 2.45) is 0 Å². The number of aliphatic hydroxyl groups excluding tert-OH is 1. The normalized spacial score (nSPS) is 17.7. The molecule has 4 nitrogen and oxygen atoms in total. The van der Waals surface area contributed by atoms with E-state index in [1.165, 1.54) is 6.20 Å². The number of rotatable bonds is 4. The largest absolute Gasteiger partial charge is 0.478 e. The molecule has 0 spiro atoms. The summed E-state index contributed by atoms with van der Waals surface area (Å²) in [5.41, 5.74) is 0.300. The van der Waals surface area contributed by atoms with Gasteiger partial charge in [-0.3, -0.25) is 0 Å². The first-order valence-electron chi connectivity index (χ1n) is 6.27. The lowest BCUT2D eigenvalue weighted by molar-refractivity contribution is -0.133. The van der Waals surface area contributed by atoms with Crippen LogP contribution in [-0.2, 0) is 11.5 Å². The number of benzene rings is 1. The zero-order valence-corrected chi connectivity index (χ0v) is 10.9. The van der Waals surface area contributed by atoms with Crippen LogP contribution in [0.5, 0.6) is 0 Å². The van der Waals surface area contributed by atoms with Gasteiger partial charge < -0.3 is 15.1 Å². The van der Waals surface area contributed by atoms with Gasteiger partial charge in [0.2, 0.25) is 0 Å². The standard InChI is InChI=1S/C14H15F2NO3/c1-2-3-17-7-11(14(19)20)13(18)10-5-9(16)4-8(6-15)12(10)17/h4-5,7,13,18H,2-3,6H2,1H3,(H,19,20). The minimum absolute atomic E-state index is 0.0889. The molecule has 0 radical (unpaired) electrons. The molecule has 108 valence electrons. The Morgan fingerprint density at radius 1 is 1.45 bits per heavy atom. The van der Waals surface area contributed by atoms with E-state index in [-0.39, 0.29) is 16.7 Å². The molecule has 1 aromatic carbocycles. The number of anilines is 1. The van der Waals surface area contributed by atoms with Gasteiger partial charge in [-0.05, 0) is 18.6 Å². The van der Waals surface area contributed by atoms with Gasteiger partial charge in [0.05, 0.1) is 11.3 Å². The molecule has 0 amide bonds. The average Bonchev–Trinajstić information content (AvgIpc) is 2.40. The topological polar surface area (TPSA) is 60.8 Å². The van der Waals surface area contributed by atoms with Crippen molar-refractivity contribution >= 4 is 11.7 Å². The second-order valence-electron chi connectivity index (χ2n) is 4.62. The van der Waals surface area contributed by atoms with Crippen LogP contribution in [0.4, 0.5) is 14.5 Å². The number of alkyl halides is 1. The summed E-state index contributed by atoms with van der Waals surface area (Å²) in [6.45, 7) is 1.45. The summed E-state index contributed by atoms with van der Waals surface area (Å²) in [4.78, 5) is 12.7. The molecule has 0 aliphatic carbocycles. The lowest BCUT2D eigenvalue weighted by Gasteiger charge is -2.32. The Labute approximate surface area is 114 Å². The van der Waals surface area contributed by atoms with Crippen molar-refractivity contribution in [3.05, 3.63) is 40.8 Å². The number of aliphatic carboxylic acids is 1. The molecular weight excluding hydrogens is 268 g/mol. The van der Waals surface area contributed by atoms with Crippen molar-refractivity contribution in [1.29, 1.82) is 0 Å². The first-order valence-corrected chi connectivity index (χ1v) is 6.27. The second-order valence-corrected chi connectivity index (χ2v) is 4.62. The highest BCUT2D eigenvalue weighted by Crippen LogP contribution is 2.39. The van der Waals surface area contributed by atoms with Gasteiger partial charge in [-0.2, -0.15) is 0 Å². The number of hydrogen-bond donors (Lipinski definition) is 2. The van der Waals surface area contributed by atoms with Crippen LogP contribution in [0.1, 0.15) is 30.6 Å². The van der Waals surface area contributed by atoms with Crippen molar-refractivity contribution in [1.82, 2.24) is 0 Å². The van der Waals surface area contributed by atoms with Gasteiger partial charge in [-0.15, -0.1) is 0 Å². The fourth-order valence-electron chi connectivity index (χ4n) is 2.40. The Morgan fingerprint density at radius 2 is 2.15 bits per heavy atom. The van der Waals surface area contributed by atoms with Gasteiger partial charge >= 0.3 is 5.97 Å². The quantitative estimate of drug-likeness (QED) is 0.891. The van der Waals surface area contributed by atoms with Crippen molar-refractivity contribution in [2.75, 3.05) is 11.4 Å². The van der Waals surface area contributed by atoms with Crippen molar-refractivity contribution in [3.8, 4) is 0 Å². The number of halogens is 2. The lowest BCUT2D eigenvalue weighted by atomic mass is 9.93.